The van der Waals surface area contributed by atoms with Gasteiger partial charge in [-0.3, -0.25) is 5.41 Å². The van der Waals surface area contributed by atoms with Crippen LogP contribution in [0.3, 0.4) is 0 Å². The molecule has 5 heteroatoms. The Morgan fingerprint density at radius 3 is 2.79 bits per heavy atom. The van der Waals surface area contributed by atoms with Crippen molar-refractivity contribution in [1.82, 2.24) is 5.32 Å². The molecule has 1 aliphatic rings. The Morgan fingerprint density at radius 1 is 1.43 bits per heavy atom. The summed E-state index contributed by atoms with van der Waals surface area (Å²) in [5, 5.41) is 11.5. The molecule has 2 N–H and O–H groups in total. The lowest BCUT2D eigenvalue weighted by atomic mass is 10.2. The summed E-state index contributed by atoms with van der Waals surface area (Å²) < 4.78 is 0. The summed E-state index contributed by atoms with van der Waals surface area (Å²) in [6.07, 6.45) is 5.09. The SMILES string of the molecule is CCCCCCNC1=NC(=N)CS1.Cl. The highest BCUT2D eigenvalue weighted by Crippen LogP contribution is 2.10. The third-order valence-electron chi connectivity index (χ3n) is 1.89. The maximum Gasteiger partial charge on any atom is 0.163 e. The summed E-state index contributed by atoms with van der Waals surface area (Å²) >= 11 is 1.63. The Hall–Kier alpha value is -0.220. The zero-order valence-electron chi connectivity index (χ0n) is 8.51. The zero-order chi connectivity index (χ0) is 9.52. The van der Waals surface area contributed by atoms with E-state index in [1.54, 1.807) is 11.8 Å². The number of amidine groups is 2. The molecule has 0 aromatic rings. The number of hydrogen-bond donors (Lipinski definition) is 2. The van der Waals surface area contributed by atoms with Gasteiger partial charge < -0.3 is 5.32 Å². The Labute approximate surface area is 96.1 Å². The van der Waals surface area contributed by atoms with E-state index in [-0.39, 0.29) is 12.4 Å². The van der Waals surface area contributed by atoms with Crippen LogP contribution in [-0.2, 0) is 0 Å². The molecule has 0 unspecified atom stereocenters. The van der Waals surface area contributed by atoms with E-state index < -0.39 is 0 Å². The van der Waals surface area contributed by atoms with Crippen LogP contribution >= 0.6 is 24.2 Å². The monoisotopic (exact) mass is 235 g/mol. The van der Waals surface area contributed by atoms with E-state index >= 15 is 0 Å². The fourth-order valence-electron chi connectivity index (χ4n) is 1.16. The number of nitrogens with one attached hydrogen (secondary N) is 2. The summed E-state index contributed by atoms with van der Waals surface area (Å²) in [4.78, 5) is 4.06. The number of rotatable bonds is 5. The second kappa shape index (κ2) is 8.12. The minimum absolute atomic E-state index is 0. The van der Waals surface area contributed by atoms with E-state index in [1.165, 1.54) is 25.7 Å². The van der Waals surface area contributed by atoms with Crippen LogP contribution in [0.1, 0.15) is 32.6 Å². The Balaban J connectivity index is 0.00000169. The van der Waals surface area contributed by atoms with Crippen molar-refractivity contribution in [3.05, 3.63) is 0 Å². The minimum atomic E-state index is 0. The molecule has 0 spiro atoms. The average molecular weight is 236 g/mol. The maximum atomic E-state index is 7.28. The molecule has 0 aliphatic carbocycles. The lowest BCUT2D eigenvalue weighted by Gasteiger charge is -2.03. The second-order valence-corrected chi connectivity index (χ2v) is 4.10. The van der Waals surface area contributed by atoms with Crippen molar-refractivity contribution in [2.45, 2.75) is 32.6 Å². The van der Waals surface area contributed by atoms with Gasteiger partial charge in [-0.05, 0) is 6.42 Å². The number of aliphatic imine (C=N–C) groups is 1. The van der Waals surface area contributed by atoms with Gasteiger partial charge >= 0.3 is 0 Å². The number of unbranched alkanes of at least 4 members (excludes halogenated alkanes) is 3. The Bertz CT molecular complexity index is 206. The maximum absolute atomic E-state index is 7.28. The van der Waals surface area contributed by atoms with Crippen molar-refractivity contribution < 1.29 is 0 Å². The zero-order valence-corrected chi connectivity index (χ0v) is 10.1. The normalized spacial score (nSPS) is 14.9. The molecule has 82 valence electrons. The van der Waals surface area contributed by atoms with Gasteiger partial charge in [0.2, 0.25) is 0 Å². The summed E-state index contributed by atoms with van der Waals surface area (Å²) in [5.41, 5.74) is 0. The highest BCUT2D eigenvalue weighted by Gasteiger charge is 2.10. The molecule has 0 atom stereocenters. The van der Waals surface area contributed by atoms with Crippen LogP contribution in [0.25, 0.3) is 0 Å². The van der Waals surface area contributed by atoms with E-state index in [1.807, 2.05) is 0 Å². The van der Waals surface area contributed by atoms with Crippen molar-refractivity contribution in [3.8, 4) is 0 Å². The lowest BCUT2D eigenvalue weighted by molar-refractivity contribution is 0.656. The highest BCUT2D eigenvalue weighted by molar-refractivity contribution is 8.14. The van der Waals surface area contributed by atoms with E-state index in [2.05, 4.69) is 17.2 Å². The Morgan fingerprint density at radius 2 is 2.21 bits per heavy atom. The number of nitrogens with zero attached hydrogens (tertiary/aromatic N) is 1. The number of thioether (sulfide) groups is 1. The van der Waals surface area contributed by atoms with Crippen LogP contribution in [0, 0.1) is 5.41 Å². The van der Waals surface area contributed by atoms with Crippen LogP contribution in [0.5, 0.6) is 0 Å². The molecule has 0 aromatic heterocycles. The third-order valence-corrected chi connectivity index (χ3v) is 2.82. The first-order chi connectivity index (χ1) is 6.33. The standard InChI is InChI=1S/C9H17N3S.ClH/c1-2-3-4-5-6-11-9-12-8(10)7-13-9;/h2-7H2,1H3,(H2,10,11,12);1H. The first-order valence-electron chi connectivity index (χ1n) is 4.85. The average Bonchev–Trinajstić information content (AvgIpc) is 2.51. The van der Waals surface area contributed by atoms with Crippen LogP contribution in [0.4, 0.5) is 0 Å². The molecule has 0 amide bonds. The topological polar surface area (TPSA) is 48.2 Å². The summed E-state index contributed by atoms with van der Waals surface area (Å²) in [7, 11) is 0. The van der Waals surface area contributed by atoms with Crippen LogP contribution in [-0.4, -0.2) is 23.3 Å². The van der Waals surface area contributed by atoms with Crippen molar-refractivity contribution in [1.29, 1.82) is 5.41 Å². The molecule has 1 aliphatic heterocycles. The molecule has 3 nitrogen and oxygen atoms in total. The van der Waals surface area contributed by atoms with Crippen LogP contribution in [0.15, 0.2) is 4.99 Å². The molecular formula is C9H18ClN3S. The first-order valence-corrected chi connectivity index (χ1v) is 5.84. The molecule has 1 rings (SSSR count). The van der Waals surface area contributed by atoms with Crippen molar-refractivity contribution in [2.24, 2.45) is 4.99 Å². The van der Waals surface area contributed by atoms with Gasteiger partial charge in [0.25, 0.3) is 0 Å². The largest absolute Gasteiger partial charge is 0.365 e. The van der Waals surface area contributed by atoms with E-state index in [4.69, 9.17) is 5.41 Å². The van der Waals surface area contributed by atoms with Gasteiger partial charge in [0.1, 0.15) is 5.84 Å². The number of halogens is 1. The van der Waals surface area contributed by atoms with Crippen LogP contribution < -0.4 is 5.32 Å². The number of hydrogen-bond acceptors (Lipinski definition) is 3. The molecule has 14 heavy (non-hydrogen) atoms. The van der Waals surface area contributed by atoms with Gasteiger partial charge in [-0.2, -0.15) is 0 Å². The molecule has 1 heterocycles. The molecule has 0 radical (unpaired) electrons. The second-order valence-electron chi connectivity index (χ2n) is 3.14. The van der Waals surface area contributed by atoms with E-state index in [0.717, 1.165) is 17.5 Å². The van der Waals surface area contributed by atoms with Crippen molar-refractivity contribution in [3.63, 3.8) is 0 Å². The molecule has 0 saturated carbocycles. The van der Waals surface area contributed by atoms with E-state index in [0.29, 0.717) is 5.84 Å². The summed E-state index contributed by atoms with van der Waals surface area (Å²) in [5.74, 6) is 1.22. The van der Waals surface area contributed by atoms with Gasteiger partial charge in [-0.25, -0.2) is 4.99 Å². The smallest absolute Gasteiger partial charge is 0.163 e. The van der Waals surface area contributed by atoms with Gasteiger partial charge in [0.05, 0.1) is 5.75 Å². The quantitative estimate of drug-likeness (QED) is 0.720. The van der Waals surface area contributed by atoms with Gasteiger partial charge in [-0.1, -0.05) is 37.9 Å². The van der Waals surface area contributed by atoms with E-state index in [9.17, 15) is 0 Å². The molecular weight excluding hydrogens is 218 g/mol. The van der Waals surface area contributed by atoms with Crippen molar-refractivity contribution in [2.75, 3.05) is 12.3 Å². The van der Waals surface area contributed by atoms with Gasteiger partial charge in [0, 0.05) is 6.54 Å². The highest BCUT2D eigenvalue weighted by atomic mass is 35.5. The fraction of sp³-hybridized carbons (Fsp3) is 0.778. The van der Waals surface area contributed by atoms with Gasteiger partial charge in [-0.15, -0.1) is 12.4 Å². The van der Waals surface area contributed by atoms with Crippen molar-refractivity contribution >= 4 is 35.2 Å². The molecule has 0 bridgehead atoms. The summed E-state index contributed by atoms with van der Waals surface area (Å²) in [6, 6.07) is 0. The molecule has 0 fully saturated rings. The lowest BCUT2D eigenvalue weighted by Crippen LogP contribution is -2.19. The van der Waals surface area contributed by atoms with Crippen LogP contribution in [0.2, 0.25) is 0 Å². The van der Waals surface area contributed by atoms with Gasteiger partial charge in [0.15, 0.2) is 5.17 Å². The third kappa shape index (κ3) is 5.50. The minimum Gasteiger partial charge on any atom is -0.365 e. The molecule has 0 saturated heterocycles. The summed E-state index contributed by atoms with van der Waals surface area (Å²) in [6.45, 7) is 3.21. The predicted octanol–water partition coefficient (Wildman–Crippen LogP) is 2.66. The first kappa shape index (κ1) is 13.8. The predicted molar refractivity (Wildman–Crippen MR) is 67.0 cm³/mol. The fourth-order valence-corrected chi connectivity index (χ4v) is 1.88. The molecule has 0 aromatic carbocycles. The Kier molecular flexibility index (Phi) is 7.99.